The number of rotatable bonds is 14. The third kappa shape index (κ3) is 10.1. The highest BCUT2D eigenvalue weighted by Crippen LogP contribution is 2.33. The Morgan fingerprint density at radius 1 is 0.918 bits per heavy atom. The number of hydrogen-bond donors (Lipinski definition) is 4. The van der Waals surface area contributed by atoms with E-state index in [1.807, 2.05) is 41.5 Å². The standard InChI is InChI=1S/C36H55N7O6/c1-7-11-25(29(44)34(48)39-24-14-15-24)40-32(46)27-18-23(21(2)3)20-43(27)35(49)30(36(4,5)6)42-33(47)28(22-12-9-8-10-13-22)41-31(45)26-19-37-16-17-38-26/h16-17,19,21-25,27-28,30H,7-15,18,20H2,1-6H3,(H,39,48)(H,40,46)(H,41,45)(H,42,47)/t23?,25-,27-,28?,30?/m0/s1. The first-order valence-corrected chi connectivity index (χ1v) is 18.0. The van der Waals surface area contributed by atoms with Crippen molar-refractivity contribution in [3.63, 3.8) is 0 Å². The second-order valence-electron chi connectivity index (χ2n) is 15.5. The van der Waals surface area contributed by atoms with Gasteiger partial charge in [0.05, 0.1) is 12.2 Å². The number of hydrogen-bond acceptors (Lipinski definition) is 8. The maximum absolute atomic E-state index is 14.5. The molecule has 13 nitrogen and oxygen atoms in total. The highest BCUT2D eigenvalue weighted by Gasteiger charge is 2.47. The van der Waals surface area contributed by atoms with Crippen LogP contribution in [0.4, 0.5) is 0 Å². The number of ketones is 1. The molecule has 3 fully saturated rings. The molecule has 1 aromatic rings. The topological polar surface area (TPSA) is 180 Å². The van der Waals surface area contributed by atoms with Crippen LogP contribution in [0.3, 0.4) is 0 Å². The monoisotopic (exact) mass is 681 g/mol. The van der Waals surface area contributed by atoms with Crippen LogP contribution in [0, 0.1) is 23.2 Å². The quantitative estimate of drug-likeness (QED) is 0.217. The number of likely N-dealkylation sites (tertiary alicyclic amines) is 1. The fourth-order valence-electron chi connectivity index (χ4n) is 6.85. The second kappa shape index (κ2) is 16.7. The first kappa shape index (κ1) is 37.9. The SMILES string of the molecule is CCC[C@H](NC(=O)[C@@H]1CC(C(C)C)CN1C(=O)C(NC(=O)C(NC(=O)c1cnccn1)C1CCCCC1)C(C)(C)C)C(=O)C(=O)NC1CC1. The van der Waals surface area contributed by atoms with Crippen LogP contribution < -0.4 is 21.3 Å². The summed E-state index contributed by atoms with van der Waals surface area (Å²) in [5.41, 5.74) is -0.660. The van der Waals surface area contributed by atoms with Crippen molar-refractivity contribution in [2.24, 2.45) is 23.2 Å². The molecule has 2 saturated carbocycles. The van der Waals surface area contributed by atoms with E-state index in [9.17, 15) is 28.8 Å². The molecule has 4 N–H and O–H groups in total. The second-order valence-corrected chi connectivity index (χ2v) is 15.5. The van der Waals surface area contributed by atoms with Gasteiger partial charge < -0.3 is 26.2 Å². The molecule has 3 unspecified atom stereocenters. The fraction of sp³-hybridized carbons (Fsp3) is 0.722. The lowest BCUT2D eigenvalue weighted by molar-refractivity contribution is -0.145. The van der Waals surface area contributed by atoms with E-state index < -0.39 is 64.9 Å². The Morgan fingerprint density at radius 2 is 1.61 bits per heavy atom. The minimum atomic E-state index is -1.02. The molecule has 0 bridgehead atoms. The summed E-state index contributed by atoms with van der Waals surface area (Å²) < 4.78 is 0. The fourth-order valence-corrected chi connectivity index (χ4v) is 6.85. The van der Waals surface area contributed by atoms with Crippen LogP contribution in [0.2, 0.25) is 0 Å². The van der Waals surface area contributed by atoms with Crippen molar-refractivity contribution >= 4 is 35.3 Å². The lowest BCUT2D eigenvalue weighted by atomic mass is 9.82. The number of Topliss-reactive ketones (excluding diaryl/α,β-unsaturated/α-hetero) is 1. The van der Waals surface area contributed by atoms with Gasteiger partial charge in [0.2, 0.25) is 23.5 Å². The molecule has 4 rings (SSSR count). The normalized spacial score (nSPS) is 21.7. The molecule has 1 aliphatic heterocycles. The van der Waals surface area contributed by atoms with Crippen LogP contribution >= 0.6 is 0 Å². The van der Waals surface area contributed by atoms with E-state index in [0.29, 0.717) is 25.8 Å². The van der Waals surface area contributed by atoms with Crippen molar-refractivity contribution in [3.05, 3.63) is 24.3 Å². The van der Waals surface area contributed by atoms with Gasteiger partial charge in [-0.3, -0.25) is 33.8 Å². The average molecular weight is 682 g/mol. The van der Waals surface area contributed by atoms with Crippen LogP contribution in [-0.4, -0.2) is 86.9 Å². The van der Waals surface area contributed by atoms with Crippen LogP contribution in [-0.2, 0) is 24.0 Å². The largest absolute Gasteiger partial charge is 0.347 e. The van der Waals surface area contributed by atoms with E-state index in [2.05, 4.69) is 31.2 Å². The lowest BCUT2D eigenvalue weighted by Crippen LogP contribution is -2.62. The van der Waals surface area contributed by atoms with E-state index in [1.165, 1.54) is 23.5 Å². The van der Waals surface area contributed by atoms with E-state index in [0.717, 1.165) is 44.9 Å². The number of carbonyl (C=O) groups excluding carboxylic acids is 6. The maximum Gasteiger partial charge on any atom is 0.289 e. The van der Waals surface area contributed by atoms with Crippen molar-refractivity contribution in [2.45, 2.75) is 136 Å². The Balaban J connectivity index is 1.55. The Bertz CT molecular complexity index is 1350. The van der Waals surface area contributed by atoms with Crippen LogP contribution in [0.5, 0.6) is 0 Å². The molecule has 1 aromatic heterocycles. The first-order valence-electron chi connectivity index (χ1n) is 18.0. The molecule has 49 heavy (non-hydrogen) atoms. The number of amides is 5. The third-order valence-electron chi connectivity index (χ3n) is 10.1. The van der Waals surface area contributed by atoms with E-state index >= 15 is 0 Å². The summed E-state index contributed by atoms with van der Waals surface area (Å²) in [6.45, 7) is 11.8. The number of carbonyl (C=O) groups is 6. The van der Waals surface area contributed by atoms with Crippen LogP contribution in [0.15, 0.2) is 18.6 Å². The number of nitrogens with one attached hydrogen (secondary N) is 4. The Kier molecular flexibility index (Phi) is 12.9. The molecule has 1 saturated heterocycles. The predicted octanol–water partition coefficient (Wildman–Crippen LogP) is 2.69. The van der Waals surface area contributed by atoms with Crippen molar-refractivity contribution in [1.29, 1.82) is 0 Å². The zero-order valence-electron chi connectivity index (χ0n) is 29.9. The zero-order valence-corrected chi connectivity index (χ0v) is 29.9. The predicted molar refractivity (Wildman–Crippen MR) is 183 cm³/mol. The molecule has 0 aromatic carbocycles. The van der Waals surface area contributed by atoms with Gasteiger partial charge in [0.15, 0.2) is 0 Å². The van der Waals surface area contributed by atoms with Crippen molar-refractivity contribution in [2.75, 3.05) is 6.54 Å². The molecular weight excluding hydrogens is 626 g/mol. The van der Waals surface area contributed by atoms with Crippen molar-refractivity contribution in [1.82, 2.24) is 36.1 Å². The van der Waals surface area contributed by atoms with Crippen molar-refractivity contribution < 1.29 is 28.8 Å². The molecular formula is C36H55N7O6. The Hall–Kier alpha value is -3.90. The Morgan fingerprint density at radius 3 is 2.18 bits per heavy atom. The highest BCUT2D eigenvalue weighted by molar-refractivity contribution is 6.38. The lowest BCUT2D eigenvalue weighted by Gasteiger charge is -2.37. The molecule has 13 heteroatoms. The summed E-state index contributed by atoms with van der Waals surface area (Å²) in [7, 11) is 0. The summed E-state index contributed by atoms with van der Waals surface area (Å²) in [5, 5.41) is 11.4. The molecule has 270 valence electrons. The maximum atomic E-state index is 14.5. The summed E-state index contributed by atoms with van der Waals surface area (Å²) in [4.78, 5) is 91.0. The van der Waals surface area contributed by atoms with Crippen molar-refractivity contribution in [3.8, 4) is 0 Å². The smallest absolute Gasteiger partial charge is 0.289 e. The van der Waals surface area contributed by atoms with Gasteiger partial charge in [-0.25, -0.2) is 4.98 Å². The van der Waals surface area contributed by atoms with Gasteiger partial charge in [-0.05, 0) is 61.7 Å². The summed E-state index contributed by atoms with van der Waals surface area (Å²) in [6.07, 6.45) is 11.6. The van der Waals surface area contributed by atoms with Crippen LogP contribution in [0.25, 0.3) is 0 Å². The van der Waals surface area contributed by atoms with Gasteiger partial charge in [0, 0.05) is 25.0 Å². The molecule has 5 atom stereocenters. The Labute approximate surface area is 289 Å². The van der Waals surface area contributed by atoms with E-state index in [1.54, 1.807) is 0 Å². The molecule has 5 amide bonds. The molecule has 3 aliphatic rings. The summed E-state index contributed by atoms with van der Waals surface area (Å²) in [5.74, 6) is -3.20. The molecule has 2 heterocycles. The van der Waals surface area contributed by atoms with Crippen LogP contribution in [0.1, 0.15) is 116 Å². The molecule has 0 radical (unpaired) electrons. The van der Waals surface area contributed by atoms with Gasteiger partial charge in [-0.15, -0.1) is 0 Å². The summed E-state index contributed by atoms with van der Waals surface area (Å²) in [6, 6.07) is -3.79. The highest BCUT2D eigenvalue weighted by atomic mass is 16.2. The van der Waals surface area contributed by atoms with E-state index in [4.69, 9.17) is 0 Å². The average Bonchev–Trinajstić information content (AvgIpc) is 3.77. The third-order valence-corrected chi connectivity index (χ3v) is 10.1. The minimum Gasteiger partial charge on any atom is -0.347 e. The van der Waals surface area contributed by atoms with Gasteiger partial charge in [0.25, 0.3) is 11.8 Å². The number of nitrogens with zero attached hydrogens (tertiary/aromatic N) is 3. The first-order chi connectivity index (χ1) is 23.2. The summed E-state index contributed by atoms with van der Waals surface area (Å²) >= 11 is 0. The number of aromatic nitrogens is 2. The molecule has 0 spiro atoms. The van der Waals surface area contributed by atoms with Gasteiger partial charge >= 0.3 is 0 Å². The van der Waals surface area contributed by atoms with E-state index in [-0.39, 0.29) is 29.5 Å². The van der Waals surface area contributed by atoms with Gasteiger partial charge in [-0.2, -0.15) is 0 Å². The zero-order chi connectivity index (χ0) is 35.9. The molecule has 2 aliphatic carbocycles. The minimum absolute atomic E-state index is 0.00626. The van der Waals surface area contributed by atoms with Gasteiger partial charge in [-0.1, -0.05) is 67.2 Å². The van der Waals surface area contributed by atoms with Gasteiger partial charge in [0.1, 0.15) is 23.8 Å².